The van der Waals surface area contributed by atoms with Crippen LogP contribution in [0.5, 0.6) is 5.88 Å². The van der Waals surface area contributed by atoms with Gasteiger partial charge in [-0.2, -0.15) is 0 Å². The molecule has 0 radical (unpaired) electrons. The number of aromatic amines is 1. The van der Waals surface area contributed by atoms with Crippen molar-refractivity contribution in [3.8, 4) is 5.88 Å². The van der Waals surface area contributed by atoms with E-state index in [1.807, 2.05) is 0 Å². The zero-order valence-electron chi connectivity index (χ0n) is 5.18. The van der Waals surface area contributed by atoms with Crippen LogP contribution in [0.15, 0.2) is 18.3 Å². The predicted octanol–water partition coefficient (Wildman–Crippen LogP) is -2.16. The molecule has 1 aromatic heterocycles. The quantitative estimate of drug-likeness (QED) is 0.364. The molecule has 7 heavy (non-hydrogen) atoms. The zero-order valence-corrected chi connectivity index (χ0v) is 6.18. The SMILES string of the molecule is Oc1ccc[nH]1.[H-].[Na+]. The smallest absolute Gasteiger partial charge is 1.00 e. The van der Waals surface area contributed by atoms with E-state index in [4.69, 9.17) is 5.11 Å². The van der Waals surface area contributed by atoms with Crippen LogP contribution in [0.2, 0.25) is 0 Å². The number of aromatic nitrogens is 1. The van der Waals surface area contributed by atoms with Gasteiger partial charge in [0, 0.05) is 6.20 Å². The van der Waals surface area contributed by atoms with Crippen LogP contribution in [0.25, 0.3) is 0 Å². The molecule has 0 spiro atoms. The van der Waals surface area contributed by atoms with Crippen molar-refractivity contribution in [2.75, 3.05) is 0 Å². The molecule has 1 rings (SSSR count). The van der Waals surface area contributed by atoms with Crippen molar-refractivity contribution < 1.29 is 36.1 Å². The van der Waals surface area contributed by atoms with Gasteiger partial charge in [0.25, 0.3) is 0 Å². The van der Waals surface area contributed by atoms with Gasteiger partial charge < -0.3 is 11.5 Å². The summed E-state index contributed by atoms with van der Waals surface area (Å²) in [6.07, 6.45) is 1.66. The first kappa shape index (κ1) is 7.08. The molecule has 0 aliphatic rings. The molecule has 0 aromatic carbocycles. The van der Waals surface area contributed by atoms with Crippen molar-refractivity contribution in [2.45, 2.75) is 0 Å². The summed E-state index contributed by atoms with van der Waals surface area (Å²) >= 11 is 0. The standard InChI is InChI=1S/C4H5NO.Na.H/c6-4-2-1-3-5-4;;/h1-3,5-6H;;/q;+1;-1. The van der Waals surface area contributed by atoms with Gasteiger partial charge >= 0.3 is 29.6 Å². The summed E-state index contributed by atoms with van der Waals surface area (Å²) in [5.74, 6) is 0.218. The first-order valence-electron chi connectivity index (χ1n) is 1.72. The Morgan fingerprint density at radius 3 is 2.57 bits per heavy atom. The first-order chi connectivity index (χ1) is 2.89. The Labute approximate surface area is 65.3 Å². The van der Waals surface area contributed by atoms with Crippen molar-refractivity contribution in [2.24, 2.45) is 0 Å². The Hall–Kier alpha value is 0.0800. The second-order valence-corrected chi connectivity index (χ2v) is 1.06. The maximum absolute atomic E-state index is 8.42. The van der Waals surface area contributed by atoms with Gasteiger partial charge in [-0.05, 0) is 12.1 Å². The van der Waals surface area contributed by atoms with Crippen molar-refractivity contribution >= 4 is 0 Å². The van der Waals surface area contributed by atoms with Gasteiger partial charge in [-0.3, -0.25) is 0 Å². The Morgan fingerprint density at radius 2 is 2.43 bits per heavy atom. The van der Waals surface area contributed by atoms with E-state index in [2.05, 4.69) is 4.98 Å². The number of rotatable bonds is 0. The molecule has 2 nitrogen and oxygen atoms in total. The molecule has 3 heteroatoms. The number of hydrogen-bond acceptors (Lipinski definition) is 1. The minimum Gasteiger partial charge on any atom is -1.00 e. The molecular weight excluding hydrogens is 101 g/mol. The third-order valence-corrected chi connectivity index (χ3v) is 0.582. The normalized spacial score (nSPS) is 7.43. The van der Waals surface area contributed by atoms with Gasteiger partial charge in [0.2, 0.25) is 0 Å². The van der Waals surface area contributed by atoms with Gasteiger partial charge in [0.1, 0.15) is 0 Å². The molecule has 1 heterocycles. The molecule has 0 fully saturated rings. The van der Waals surface area contributed by atoms with Gasteiger partial charge in [-0.25, -0.2) is 0 Å². The van der Waals surface area contributed by atoms with Crippen molar-refractivity contribution in [1.29, 1.82) is 0 Å². The predicted molar refractivity (Wildman–Crippen MR) is 23.6 cm³/mol. The number of nitrogens with one attached hydrogen (secondary N) is 1. The van der Waals surface area contributed by atoms with Crippen LogP contribution < -0.4 is 29.6 Å². The first-order valence-corrected chi connectivity index (χ1v) is 1.72. The maximum atomic E-state index is 8.42. The molecule has 0 aliphatic carbocycles. The zero-order chi connectivity index (χ0) is 4.41. The fourth-order valence-corrected chi connectivity index (χ4v) is 0.321. The molecule has 0 saturated heterocycles. The van der Waals surface area contributed by atoms with Crippen molar-refractivity contribution in [3.05, 3.63) is 18.3 Å². The summed E-state index contributed by atoms with van der Waals surface area (Å²) in [5, 5.41) is 8.42. The van der Waals surface area contributed by atoms with E-state index >= 15 is 0 Å². The summed E-state index contributed by atoms with van der Waals surface area (Å²) in [5.41, 5.74) is 0. The molecule has 0 unspecified atom stereocenters. The summed E-state index contributed by atoms with van der Waals surface area (Å²) in [6.45, 7) is 0. The largest absolute Gasteiger partial charge is 1.00 e. The van der Waals surface area contributed by atoms with Gasteiger partial charge in [0.15, 0.2) is 5.88 Å². The van der Waals surface area contributed by atoms with Crippen LogP contribution in [0.1, 0.15) is 1.43 Å². The van der Waals surface area contributed by atoms with Crippen LogP contribution >= 0.6 is 0 Å². The molecule has 1 aromatic rings. The molecular formula is C4H6NNaO. The number of H-pyrrole nitrogens is 1. The fourth-order valence-electron chi connectivity index (χ4n) is 0.321. The summed E-state index contributed by atoms with van der Waals surface area (Å²) in [4.78, 5) is 2.56. The van der Waals surface area contributed by atoms with Crippen LogP contribution in [0.4, 0.5) is 0 Å². The van der Waals surface area contributed by atoms with E-state index in [-0.39, 0.29) is 36.9 Å². The van der Waals surface area contributed by atoms with Crippen LogP contribution in [0.3, 0.4) is 0 Å². The van der Waals surface area contributed by atoms with E-state index in [1.54, 1.807) is 18.3 Å². The summed E-state index contributed by atoms with van der Waals surface area (Å²) < 4.78 is 0. The van der Waals surface area contributed by atoms with Gasteiger partial charge in [-0.1, -0.05) is 0 Å². The summed E-state index contributed by atoms with van der Waals surface area (Å²) in [6, 6.07) is 3.31. The molecule has 34 valence electrons. The van der Waals surface area contributed by atoms with E-state index in [0.29, 0.717) is 0 Å². The minimum atomic E-state index is 0. The molecule has 2 N–H and O–H groups in total. The van der Waals surface area contributed by atoms with E-state index in [1.165, 1.54) is 0 Å². The van der Waals surface area contributed by atoms with Gasteiger partial charge in [0.05, 0.1) is 0 Å². The fraction of sp³-hybridized carbons (Fsp3) is 0. The molecule has 0 atom stereocenters. The average molecular weight is 107 g/mol. The van der Waals surface area contributed by atoms with Crippen LogP contribution in [-0.2, 0) is 0 Å². The van der Waals surface area contributed by atoms with Crippen LogP contribution in [-0.4, -0.2) is 10.1 Å². The number of hydrogen-bond donors (Lipinski definition) is 2. The van der Waals surface area contributed by atoms with Crippen LogP contribution in [0, 0.1) is 0 Å². The Morgan fingerprint density at radius 1 is 1.71 bits per heavy atom. The molecule has 0 aliphatic heterocycles. The maximum Gasteiger partial charge on any atom is 1.00 e. The van der Waals surface area contributed by atoms with E-state index in [9.17, 15) is 0 Å². The second-order valence-electron chi connectivity index (χ2n) is 1.06. The second kappa shape index (κ2) is 3.13. The molecule has 0 bridgehead atoms. The van der Waals surface area contributed by atoms with Crippen molar-refractivity contribution in [1.82, 2.24) is 4.98 Å². The number of aromatic hydroxyl groups is 1. The Bertz CT molecular complexity index is 120. The minimum absolute atomic E-state index is 0. The third kappa shape index (κ3) is 2.02. The summed E-state index contributed by atoms with van der Waals surface area (Å²) in [7, 11) is 0. The third-order valence-electron chi connectivity index (χ3n) is 0.582. The van der Waals surface area contributed by atoms with E-state index < -0.39 is 0 Å². The van der Waals surface area contributed by atoms with Crippen molar-refractivity contribution in [3.63, 3.8) is 0 Å². The average Bonchev–Trinajstić information content (AvgIpc) is 1.86. The van der Waals surface area contributed by atoms with E-state index in [0.717, 1.165) is 0 Å². The van der Waals surface area contributed by atoms with Gasteiger partial charge in [-0.15, -0.1) is 0 Å². The Kier molecular flexibility index (Phi) is 3.17. The topological polar surface area (TPSA) is 36.0 Å². The monoisotopic (exact) mass is 107 g/mol. The molecule has 0 amide bonds. The Balaban J connectivity index is 0. The molecule has 0 saturated carbocycles.